The minimum atomic E-state index is -1.49. The quantitative estimate of drug-likeness (QED) is 0.319. The predicted octanol–water partition coefficient (Wildman–Crippen LogP) is 5.90. The zero-order valence-electron chi connectivity index (χ0n) is 19.4. The van der Waals surface area contributed by atoms with Crippen LogP contribution in [-0.4, -0.2) is 16.1 Å². The van der Waals surface area contributed by atoms with Crippen molar-refractivity contribution in [2.75, 3.05) is 0 Å². The first-order valence-electron chi connectivity index (χ1n) is 10.2. The van der Waals surface area contributed by atoms with Crippen molar-refractivity contribution in [2.45, 2.75) is 78.2 Å². The van der Waals surface area contributed by atoms with E-state index in [-0.39, 0.29) is 0 Å². The standard InChI is InChI=1S/C24H38O2Si2/c1-23(2,19-15-11-13-17-21(19)27(5,6)7)25-26-24(3,4)20-16-12-14-18-22(20)28(8,9)10/h11-18H,1-10H3. The molecule has 0 atom stereocenters. The summed E-state index contributed by atoms with van der Waals surface area (Å²) in [5, 5.41) is 2.84. The van der Waals surface area contributed by atoms with Crippen LogP contribution in [0.2, 0.25) is 39.3 Å². The highest BCUT2D eigenvalue weighted by Gasteiger charge is 2.35. The van der Waals surface area contributed by atoms with E-state index in [1.165, 1.54) is 21.5 Å². The zero-order valence-corrected chi connectivity index (χ0v) is 21.4. The number of hydrogen-bond donors (Lipinski definition) is 0. The molecular formula is C24H38O2Si2. The molecule has 0 fully saturated rings. The Labute approximate surface area is 174 Å². The van der Waals surface area contributed by atoms with E-state index in [9.17, 15) is 0 Å². The fourth-order valence-electron chi connectivity index (χ4n) is 3.62. The van der Waals surface area contributed by atoms with Crippen LogP contribution in [-0.2, 0) is 21.0 Å². The van der Waals surface area contributed by atoms with Crippen molar-refractivity contribution >= 4 is 26.5 Å². The molecule has 0 aliphatic carbocycles. The molecule has 154 valence electrons. The summed E-state index contributed by atoms with van der Waals surface area (Å²) in [6.45, 7) is 22.6. The molecule has 0 spiro atoms. The van der Waals surface area contributed by atoms with Crippen molar-refractivity contribution in [3.63, 3.8) is 0 Å². The average Bonchev–Trinajstić information content (AvgIpc) is 2.59. The first-order chi connectivity index (χ1) is 12.7. The summed E-state index contributed by atoms with van der Waals surface area (Å²) in [4.78, 5) is 12.4. The van der Waals surface area contributed by atoms with Crippen molar-refractivity contribution in [3.8, 4) is 0 Å². The molecule has 0 heterocycles. The minimum absolute atomic E-state index is 0.526. The number of benzene rings is 2. The van der Waals surface area contributed by atoms with E-state index in [1.807, 2.05) is 0 Å². The summed E-state index contributed by atoms with van der Waals surface area (Å²) in [6.07, 6.45) is 0. The number of rotatable bonds is 7. The van der Waals surface area contributed by atoms with Crippen LogP contribution in [0.5, 0.6) is 0 Å². The van der Waals surface area contributed by atoms with E-state index in [1.54, 1.807) is 0 Å². The lowest BCUT2D eigenvalue weighted by Gasteiger charge is -2.36. The summed E-state index contributed by atoms with van der Waals surface area (Å²) in [5.41, 5.74) is 1.40. The molecule has 2 aromatic carbocycles. The fraction of sp³-hybridized carbons (Fsp3) is 0.500. The molecule has 2 nitrogen and oxygen atoms in total. The van der Waals surface area contributed by atoms with Crippen molar-refractivity contribution in [2.24, 2.45) is 0 Å². The van der Waals surface area contributed by atoms with Gasteiger partial charge >= 0.3 is 0 Å². The monoisotopic (exact) mass is 414 g/mol. The van der Waals surface area contributed by atoms with Crippen molar-refractivity contribution in [3.05, 3.63) is 59.7 Å². The van der Waals surface area contributed by atoms with Gasteiger partial charge in [0, 0.05) is 0 Å². The molecule has 0 amide bonds. The van der Waals surface area contributed by atoms with E-state index in [0.717, 1.165) is 0 Å². The summed E-state index contributed by atoms with van der Waals surface area (Å²) in [6, 6.07) is 17.3. The Bertz CT molecular complexity index is 742. The van der Waals surface area contributed by atoms with Gasteiger partial charge in [-0.2, -0.15) is 0 Å². The molecule has 0 unspecified atom stereocenters. The molecule has 0 radical (unpaired) electrons. The molecule has 28 heavy (non-hydrogen) atoms. The molecule has 0 saturated carbocycles. The molecule has 2 aromatic rings. The van der Waals surface area contributed by atoms with Crippen LogP contribution in [0.4, 0.5) is 0 Å². The SMILES string of the molecule is CC(C)(OOC(C)(C)c1ccccc1[Si](C)(C)C)c1ccccc1[Si](C)(C)C. The summed E-state index contributed by atoms with van der Waals surface area (Å²) < 4.78 is 0. The highest BCUT2D eigenvalue weighted by Crippen LogP contribution is 2.32. The van der Waals surface area contributed by atoms with E-state index in [4.69, 9.17) is 9.78 Å². The lowest BCUT2D eigenvalue weighted by molar-refractivity contribution is -0.409. The van der Waals surface area contributed by atoms with E-state index >= 15 is 0 Å². The van der Waals surface area contributed by atoms with Crippen molar-refractivity contribution in [1.29, 1.82) is 0 Å². The molecule has 0 aromatic heterocycles. The minimum Gasteiger partial charge on any atom is -0.225 e. The van der Waals surface area contributed by atoms with Crippen LogP contribution in [0.3, 0.4) is 0 Å². The van der Waals surface area contributed by atoms with Crippen LogP contribution in [0, 0.1) is 0 Å². The molecule has 0 saturated heterocycles. The Hall–Kier alpha value is -1.21. The molecular weight excluding hydrogens is 376 g/mol. The van der Waals surface area contributed by atoms with Gasteiger partial charge in [0.05, 0.1) is 16.1 Å². The molecule has 0 N–H and O–H groups in total. The molecule has 0 aliphatic rings. The normalized spacial score (nSPS) is 13.6. The van der Waals surface area contributed by atoms with Crippen molar-refractivity contribution < 1.29 is 9.78 Å². The Morgan fingerprint density at radius 1 is 0.536 bits per heavy atom. The summed E-state index contributed by atoms with van der Waals surface area (Å²) in [5.74, 6) is 0. The topological polar surface area (TPSA) is 18.5 Å². The van der Waals surface area contributed by atoms with Crippen LogP contribution in [0.25, 0.3) is 0 Å². The maximum Gasteiger partial charge on any atom is 0.123 e. The van der Waals surface area contributed by atoms with Crippen LogP contribution >= 0.6 is 0 Å². The summed E-state index contributed by atoms with van der Waals surface area (Å²) >= 11 is 0. The Morgan fingerprint density at radius 3 is 1.11 bits per heavy atom. The third-order valence-corrected chi connectivity index (χ3v) is 9.33. The van der Waals surface area contributed by atoms with E-state index in [2.05, 4.69) is 116 Å². The first-order valence-corrected chi connectivity index (χ1v) is 17.2. The molecule has 0 aliphatic heterocycles. The second kappa shape index (κ2) is 7.90. The molecule has 4 heteroatoms. The van der Waals surface area contributed by atoms with Gasteiger partial charge in [0.1, 0.15) is 11.2 Å². The predicted molar refractivity (Wildman–Crippen MR) is 127 cm³/mol. The lowest BCUT2D eigenvalue weighted by Crippen LogP contribution is -2.46. The maximum absolute atomic E-state index is 6.18. The van der Waals surface area contributed by atoms with E-state index in [0.29, 0.717) is 0 Å². The van der Waals surface area contributed by atoms with Gasteiger partial charge in [-0.25, -0.2) is 9.78 Å². The van der Waals surface area contributed by atoms with Gasteiger partial charge in [0.25, 0.3) is 0 Å². The van der Waals surface area contributed by atoms with Gasteiger partial charge in [-0.15, -0.1) is 0 Å². The van der Waals surface area contributed by atoms with Crippen LogP contribution in [0.15, 0.2) is 48.5 Å². The Morgan fingerprint density at radius 2 is 0.821 bits per heavy atom. The number of hydrogen-bond acceptors (Lipinski definition) is 2. The largest absolute Gasteiger partial charge is 0.225 e. The van der Waals surface area contributed by atoms with Gasteiger partial charge in [-0.05, 0) is 38.8 Å². The Kier molecular flexibility index (Phi) is 6.51. The third kappa shape index (κ3) is 5.23. The summed E-state index contributed by atoms with van der Waals surface area (Å²) in [7, 11) is -2.98. The van der Waals surface area contributed by atoms with Gasteiger partial charge < -0.3 is 0 Å². The Balaban J connectivity index is 2.34. The lowest BCUT2D eigenvalue weighted by atomic mass is 9.97. The second-order valence-corrected chi connectivity index (χ2v) is 20.9. The fourth-order valence-corrected chi connectivity index (χ4v) is 7.20. The first kappa shape index (κ1) is 23.1. The molecule has 2 rings (SSSR count). The highest BCUT2D eigenvalue weighted by atomic mass is 28.3. The van der Waals surface area contributed by atoms with Gasteiger partial charge in [-0.1, -0.05) is 98.2 Å². The van der Waals surface area contributed by atoms with E-state index < -0.39 is 27.3 Å². The van der Waals surface area contributed by atoms with Crippen molar-refractivity contribution in [1.82, 2.24) is 0 Å². The molecule has 0 bridgehead atoms. The highest BCUT2D eigenvalue weighted by molar-refractivity contribution is 6.89. The third-order valence-electron chi connectivity index (χ3n) is 5.23. The van der Waals surface area contributed by atoms with Crippen LogP contribution in [0.1, 0.15) is 38.8 Å². The van der Waals surface area contributed by atoms with Gasteiger partial charge in [-0.3, -0.25) is 0 Å². The van der Waals surface area contributed by atoms with Gasteiger partial charge in [0.2, 0.25) is 0 Å². The van der Waals surface area contributed by atoms with Gasteiger partial charge in [0.15, 0.2) is 0 Å². The zero-order chi connectivity index (χ0) is 21.4. The maximum atomic E-state index is 6.18. The average molecular weight is 415 g/mol. The van der Waals surface area contributed by atoms with Crippen LogP contribution < -0.4 is 10.4 Å². The second-order valence-electron chi connectivity index (χ2n) is 10.8. The smallest absolute Gasteiger partial charge is 0.123 e.